The number of halogens is 1. The van der Waals surface area contributed by atoms with E-state index in [1.54, 1.807) is 40.0 Å². The van der Waals surface area contributed by atoms with E-state index in [-0.39, 0.29) is 18.7 Å². The smallest absolute Gasteiger partial charge is 0.272 e. The number of rotatable bonds is 6. The van der Waals surface area contributed by atoms with Crippen LogP contribution in [0.2, 0.25) is 5.02 Å². The highest BCUT2D eigenvalue weighted by Gasteiger charge is 2.17. The van der Waals surface area contributed by atoms with E-state index in [1.165, 1.54) is 0 Å². The van der Waals surface area contributed by atoms with Gasteiger partial charge in [0.25, 0.3) is 5.91 Å². The molecule has 0 aliphatic carbocycles. The zero-order chi connectivity index (χ0) is 19.6. The third kappa shape index (κ3) is 4.31. The van der Waals surface area contributed by atoms with Gasteiger partial charge in [0.1, 0.15) is 11.4 Å². The van der Waals surface area contributed by atoms with Crippen LogP contribution in [0.3, 0.4) is 0 Å². The van der Waals surface area contributed by atoms with Crippen LogP contribution >= 0.6 is 11.6 Å². The molecular formula is C19H22ClN5O2. The Hall–Kier alpha value is -2.80. The van der Waals surface area contributed by atoms with Gasteiger partial charge in [-0.1, -0.05) is 11.6 Å². The van der Waals surface area contributed by atoms with Crippen molar-refractivity contribution in [2.24, 2.45) is 7.05 Å². The molecule has 0 bridgehead atoms. The predicted molar refractivity (Wildman–Crippen MR) is 103 cm³/mol. The molecule has 2 aromatic heterocycles. The van der Waals surface area contributed by atoms with Gasteiger partial charge in [0.2, 0.25) is 0 Å². The lowest BCUT2D eigenvalue weighted by atomic mass is 10.1. The highest BCUT2D eigenvalue weighted by Crippen LogP contribution is 2.21. The van der Waals surface area contributed by atoms with E-state index in [2.05, 4.69) is 15.5 Å². The lowest BCUT2D eigenvalue weighted by molar-refractivity contribution is 0.0932. The standard InChI is InChI=1S/C19H22ClN5O2/c1-12-9-15(5-6-17(12)20)27-11-25-8-7-18(23-25)19(26)22-13(2)16-10-21-24(4)14(16)3/h5-10,13H,11H2,1-4H3,(H,22,26). The predicted octanol–water partition coefficient (Wildman–Crippen LogP) is 3.41. The van der Waals surface area contributed by atoms with Gasteiger partial charge in [-0.3, -0.25) is 9.48 Å². The van der Waals surface area contributed by atoms with Gasteiger partial charge >= 0.3 is 0 Å². The second-order valence-corrected chi connectivity index (χ2v) is 6.84. The molecule has 3 rings (SSSR count). The molecule has 0 radical (unpaired) electrons. The zero-order valence-corrected chi connectivity index (χ0v) is 16.5. The van der Waals surface area contributed by atoms with Gasteiger partial charge in [-0.15, -0.1) is 0 Å². The van der Waals surface area contributed by atoms with Crippen molar-refractivity contribution in [2.45, 2.75) is 33.5 Å². The van der Waals surface area contributed by atoms with Crippen molar-refractivity contribution in [3.8, 4) is 5.75 Å². The van der Waals surface area contributed by atoms with Crippen LogP contribution in [-0.4, -0.2) is 25.5 Å². The van der Waals surface area contributed by atoms with E-state index in [4.69, 9.17) is 16.3 Å². The molecule has 0 saturated carbocycles. The van der Waals surface area contributed by atoms with E-state index >= 15 is 0 Å². The number of nitrogens with zero attached hydrogens (tertiary/aromatic N) is 4. The average molecular weight is 388 g/mol. The molecule has 3 aromatic rings. The molecule has 0 spiro atoms. The summed E-state index contributed by atoms with van der Waals surface area (Å²) in [5.74, 6) is 0.450. The maximum absolute atomic E-state index is 12.4. The number of amides is 1. The highest BCUT2D eigenvalue weighted by atomic mass is 35.5. The van der Waals surface area contributed by atoms with Crippen LogP contribution in [0, 0.1) is 13.8 Å². The lowest BCUT2D eigenvalue weighted by Crippen LogP contribution is -2.27. The first-order valence-electron chi connectivity index (χ1n) is 8.57. The van der Waals surface area contributed by atoms with Crippen molar-refractivity contribution in [3.05, 3.63) is 64.2 Å². The van der Waals surface area contributed by atoms with Gasteiger partial charge in [0.15, 0.2) is 6.73 Å². The number of carbonyl (C=O) groups is 1. The van der Waals surface area contributed by atoms with E-state index in [0.717, 1.165) is 16.8 Å². The maximum Gasteiger partial charge on any atom is 0.272 e. The molecular weight excluding hydrogens is 366 g/mol. The van der Waals surface area contributed by atoms with Crippen LogP contribution in [0.15, 0.2) is 36.7 Å². The third-order valence-corrected chi connectivity index (χ3v) is 4.88. The Labute approximate surface area is 162 Å². The second-order valence-electron chi connectivity index (χ2n) is 6.43. The molecule has 1 amide bonds. The molecule has 142 valence electrons. The number of aryl methyl sites for hydroxylation is 2. The maximum atomic E-state index is 12.4. The Morgan fingerprint density at radius 1 is 1.33 bits per heavy atom. The summed E-state index contributed by atoms with van der Waals surface area (Å²) in [6.07, 6.45) is 3.47. The van der Waals surface area contributed by atoms with E-state index < -0.39 is 0 Å². The van der Waals surface area contributed by atoms with Gasteiger partial charge in [0, 0.05) is 29.5 Å². The molecule has 1 N–H and O–H groups in total. The Bertz CT molecular complexity index is 963. The molecule has 2 heterocycles. The number of nitrogens with one attached hydrogen (secondary N) is 1. The Morgan fingerprint density at radius 2 is 2.11 bits per heavy atom. The number of benzene rings is 1. The zero-order valence-electron chi connectivity index (χ0n) is 15.7. The minimum atomic E-state index is -0.244. The Kier molecular flexibility index (Phi) is 5.51. The van der Waals surface area contributed by atoms with Gasteiger partial charge in [-0.25, -0.2) is 4.68 Å². The van der Waals surface area contributed by atoms with Crippen LogP contribution in [0.5, 0.6) is 5.75 Å². The second kappa shape index (κ2) is 7.84. The van der Waals surface area contributed by atoms with E-state index in [0.29, 0.717) is 16.5 Å². The van der Waals surface area contributed by atoms with Crippen molar-refractivity contribution in [1.29, 1.82) is 0 Å². The van der Waals surface area contributed by atoms with Crippen LogP contribution in [0.25, 0.3) is 0 Å². The molecule has 0 aliphatic rings. The number of carbonyl (C=O) groups excluding carboxylic acids is 1. The molecule has 7 nitrogen and oxygen atoms in total. The van der Waals surface area contributed by atoms with Crippen LogP contribution in [-0.2, 0) is 13.8 Å². The average Bonchev–Trinajstić information content (AvgIpc) is 3.23. The molecule has 27 heavy (non-hydrogen) atoms. The Balaban J connectivity index is 1.60. The van der Waals surface area contributed by atoms with Crippen molar-refractivity contribution in [3.63, 3.8) is 0 Å². The summed E-state index contributed by atoms with van der Waals surface area (Å²) in [5, 5.41) is 12.1. The van der Waals surface area contributed by atoms with Gasteiger partial charge < -0.3 is 10.1 Å². The topological polar surface area (TPSA) is 74.0 Å². The third-order valence-electron chi connectivity index (χ3n) is 4.45. The fraction of sp³-hybridized carbons (Fsp3) is 0.316. The Morgan fingerprint density at radius 3 is 2.78 bits per heavy atom. The molecule has 0 aliphatic heterocycles. The minimum Gasteiger partial charge on any atom is -0.471 e. The highest BCUT2D eigenvalue weighted by molar-refractivity contribution is 6.31. The molecule has 1 atom stereocenters. The summed E-state index contributed by atoms with van der Waals surface area (Å²) in [5.41, 5.74) is 3.26. The fourth-order valence-electron chi connectivity index (χ4n) is 2.69. The molecule has 0 saturated heterocycles. The van der Waals surface area contributed by atoms with Gasteiger partial charge in [0.05, 0.1) is 12.2 Å². The molecule has 0 fully saturated rings. The number of ether oxygens (including phenoxy) is 1. The van der Waals surface area contributed by atoms with Crippen LogP contribution in [0.1, 0.15) is 40.3 Å². The summed E-state index contributed by atoms with van der Waals surface area (Å²) >= 11 is 6.01. The van der Waals surface area contributed by atoms with Crippen molar-refractivity contribution >= 4 is 17.5 Å². The fourth-order valence-corrected chi connectivity index (χ4v) is 2.81. The normalized spacial score (nSPS) is 12.0. The number of aromatic nitrogens is 4. The summed E-state index contributed by atoms with van der Waals surface area (Å²) in [7, 11) is 1.87. The quantitative estimate of drug-likeness (QED) is 0.703. The molecule has 8 heteroatoms. The summed E-state index contributed by atoms with van der Waals surface area (Å²) in [6.45, 7) is 6.00. The first kappa shape index (κ1) is 19.0. The SMILES string of the molecule is Cc1cc(OCn2ccc(C(=O)NC(C)c3cnn(C)c3C)n2)ccc1Cl. The van der Waals surface area contributed by atoms with Gasteiger partial charge in [-0.05, 0) is 50.6 Å². The molecule has 1 aromatic carbocycles. The number of hydrogen-bond acceptors (Lipinski definition) is 4. The minimum absolute atomic E-state index is 0.162. The van der Waals surface area contributed by atoms with Crippen molar-refractivity contribution in [2.75, 3.05) is 0 Å². The van der Waals surface area contributed by atoms with Crippen molar-refractivity contribution in [1.82, 2.24) is 24.9 Å². The summed E-state index contributed by atoms with van der Waals surface area (Å²) in [6, 6.07) is 6.94. The lowest BCUT2D eigenvalue weighted by Gasteiger charge is -2.12. The van der Waals surface area contributed by atoms with Crippen LogP contribution in [0.4, 0.5) is 0 Å². The summed E-state index contributed by atoms with van der Waals surface area (Å²) < 4.78 is 9.04. The van der Waals surface area contributed by atoms with E-state index in [9.17, 15) is 4.79 Å². The largest absolute Gasteiger partial charge is 0.471 e. The monoisotopic (exact) mass is 387 g/mol. The van der Waals surface area contributed by atoms with Crippen LogP contribution < -0.4 is 10.1 Å². The van der Waals surface area contributed by atoms with E-state index in [1.807, 2.05) is 33.9 Å². The molecule has 1 unspecified atom stereocenters. The summed E-state index contributed by atoms with van der Waals surface area (Å²) in [4.78, 5) is 12.4. The van der Waals surface area contributed by atoms with Gasteiger partial charge in [-0.2, -0.15) is 10.2 Å². The first-order chi connectivity index (χ1) is 12.8. The van der Waals surface area contributed by atoms with Crippen molar-refractivity contribution < 1.29 is 9.53 Å². The number of hydrogen-bond donors (Lipinski definition) is 1. The first-order valence-corrected chi connectivity index (χ1v) is 8.94.